The number of rotatable bonds is 9. The standard InChI is InChI=1S/C36H35N3O6/c1-25-20-30(33(40)38-18-16-36(43,17-19-38)22-26-6-3-2-4-7-26)12-15-32(25)29-9-5-8-28(21-29)24-44-31-13-10-27(11-14-31)23-39-34(41)37-35(42)45-39/h2-15,20-21,43H,16-19,22-24H2,1H3,(H,37,41,42). The van der Waals surface area contributed by atoms with E-state index in [-0.39, 0.29) is 12.5 Å². The fourth-order valence-corrected chi connectivity index (χ4v) is 5.85. The van der Waals surface area contributed by atoms with Crippen molar-refractivity contribution in [2.75, 3.05) is 13.1 Å². The second-order valence-corrected chi connectivity index (χ2v) is 11.7. The lowest BCUT2D eigenvalue weighted by atomic mass is 9.85. The van der Waals surface area contributed by atoms with Crippen molar-refractivity contribution in [3.05, 3.63) is 146 Å². The number of piperidine rings is 1. The molecule has 1 amide bonds. The first-order chi connectivity index (χ1) is 21.7. The van der Waals surface area contributed by atoms with E-state index in [4.69, 9.17) is 9.26 Å². The van der Waals surface area contributed by atoms with E-state index in [0.717, 1.165) is 38.1 Å². The largest absolute Gasteiger partial charge is 0.489 e. The van der Waals surface area contributed by atoms with Gasteiger partial charge in [-0.05, 0) is 83.5 Å². The summed E-state index contributed by atoms with van der Waals surface area (Å²) in [6.45, 7) is 3.57. The first kappa shape index (κ1) is 29.9. The summed E-state index contributed by atoms with van der Waals surface area (Å²) >= 11 is 0. The van der Waals surface area contributed by atoms with Crippen molar-refractivity contribution in [2.24, 2.45) is 0 Å². The second-order valence-electron chi connectivity index (χ2n) is 11.7. The molecule has 0 saturated carbocycles. The van der Waals surface area contributed by atoms with Gasteiger partial charge in [0.25, 0.3) is 5.91 Å². The maximum Gasteiger partial charge on any atom is 0.440 e. The first-order valence-electron chi connectivity index (χ1n) is 15.0. The van der Waals surface area contributed by atoms with Gasteiger partial charge in [-0.3, -0.25) is 4.79 Å². The van der Waals surface area contributed by atoms with Crippen LogP contribution in [0.1, 0.15) is 45.5 Å². The van der Waals surface area contributed by atoms with Crippen molar-refractivity contribution in [3.8, 4) is 16.9 Å². The van der Waals surface area contributed by atoms with Gasteiger partial charge in [0.2, 0.25) is 0 Å². The molecule has 0 unspecified atom stereocenters. The summed E-state index contributed by atoms with van der Waals surface area (Å²) in [6.07, 6.45) is 1.70. The molecule has 9 heteroatoms. The number of nitrogens with zero attached hydrogens (tertiary/aromatic N) is 2. The van der Waals surface area contributed by atoms with Crippen LogP contribution in [0.5, 0.6) is 5.75 Å². The van der Waals surface area contributed by atoms with Crippen LogP contribution in [0.2, 0.25) is 0 Å². The van der Waals surface area contributed by atoms with Crippen molar-refractivity contribution < 1.29 is 19.2 Å². The van der Waals surface area contributed by atoms with Gasteiger partial charge in [0.15, 0.2) is 0 Å². The Labute approximate surface area is 260 Å². The van der Waals surface area contributed by atoms with Crippen LogP contribution in [0.3, 0.4) is 0 Å². The SMILES string of the molecule is Cc1cc(C(=O)N2CCC(O)(Cc3ccccc3)CC2)ccc1-c1cccc(COc2ccc(Cn3oc(=O)[nH]c3=O)cc2)c1. The third kappa shape index (κ3) is 7.16. The molecule has 4 aromatic carbocycles. The van der Waals surface area contributed by atoms with Crippen LogP contribution in [-0.2, 0) is 19.6 Å². The van der Waals surface area contributed by atoms with E-state index in [1.54, 1.807) is 12.1 Å². The number of nitrogens with one attached hydrogen (secondary N) is 1. The van der Waals surface area contributed by atoms with Gasteiger partial charge in [0, 0.05) is 25.1 Å². The number of benzene rings is 4. The van der Waals surface area contributed by atoms with Gasteiger partial charge < -0.3 is 19.3 Å². The zero-order valence-corrected chi connectivity index (χ0v) is 25.1. The van der Waals surface area contributed by atoms with E-state index >= 15 is 0 Å². The van der Waals surface area contributed by atoms with Crippen LogP contribution in [-0.4, -0.2) is 44.3 Å². The van der Waals surface area contributed by atoms with Gasteiger partial charge in [-0.25, -0.2) is 14.6 Å². The molecule has 2 N–H and O–H groups in total. The number of ether oxygens (including phenoxy) is 1. The molecule has 2 heterocycles. The number of carbonyl (C=O) groups is 1. The quantitative estimate of drug-likeness (QED) is 0.246. The lowest BCUT2D eigenvalue weighted by Crippen LogP contribution is -2.47. The molecule has 0 aliphatic carbocycles. The molecule has 9 nitrogen and oxygen atoms in total. The Morgan fingerprint density at radius 2 is 1.62 bits per heavy atom. The number of hydrogen-bond donors (Lipinski definition) is 2. The molecule has 1 aliphatic rings. The van der Waals surface area contributed by atoms with Crippen LogP contribution in [0.4, 0.5) is 0 Å². The average molecular weight is 606 g/mol. The van der Waals surface area contributed by atoms with Crippen LogP contribution in [0.25, 0.3) is 11.1 Å². The number of hydrogen-bond acceptors (Lipinski definition) is 6. The molecule has 5 aromatic rings. The molecule has 0 bridgehead atoms. The highest BCUT2D eigenvalue weighted by molar-refractivity contribution is 5.95. The van der Waals surface area contributed by atoms with Gasteiger partial charge in [0.1, 0.15) is 12.4 Å². The van der Waals surface area contributed by atoms with Crippen molar-refractivity contribution in [1.82, 2.24) is 14.6 Å². The van der Waals surface area contributed by atoms with Gasteiger partial charge in [-0.15, -0.1) is 4.74 Å². The van der Waals surface area contributed by atoms with Crippen molar-refractivity contribution in [1.29, 1.82) is 0 Å². The van der Waals surface area contributed by atoms with E-state index < -0.39 is 17.0 Å². The summed E-state index contributed by atoms with van der Waals surface area (Å²) in [4.78, 5) is 40.1. The maximum atomic E-state index is 13.4. The molecule has 0 radical (unpaired) electrons. The highest BCUT2D eigenvalue weighted by Gasteiger charge is 2.34. The minimum Gasteiger partial charge on any atom is -0.489 e. The summed E-state index contributed by atoms with van der Waals surface area (Å²) in [5.41, 5.74) is 5.24. The molecule has 0 atom stereocenters. The molecule has 230 valence electrons. The number of aliphatic hydroxyl groups is 1. The molecule has 1 fully saturated rings. The molecular weight excluding hydrogens is 570 g/mol. The monoisotopic (exact) mass is 605 g/mol. The number of amides is 1. The number of likely N-dealkylation sites (tertiary alicyclic amines) is 1. The Bertz CT molecular complexity index is 1900. The van der Waals surface area contributed by atoms with Crippen LogP contribution in [0, 0.1) is 6.92 Å². The van der Waals surface area contributed by atoms with Gasteiger partial charge in [-0.2, -0.15) is 0 Å². The fourth-order valence-electron chi connectivity index (χ4n) is 5.85. The second kappa shape index (κ2) is 12.8. The Morgan fingerprint density at radius 1 is 0.889 bits per heavy atom. The third-order valence-corrected chi connectivity index (χ3v) is 8.35. The molecule has 1 aliphatic heterocycles. The first-order valence-corrected chi connectivity index (χ1v) is 15.0. The lowest BCUT2D eigenvalue weighted by Gasteiger charge is -2.38. The topological polar surface area (TPSA) is 118 Å². The molecule has 0 spiro atoms. The van der Waals surface area contributed by atoms with Gasteiger partial charge in [-0.1, -0.05) is 66.7 Å². The summed E-state index contributed by atoms with van der Waals surface area (Å²) in [7, 11) is 0. The molecule has 6 rings (SSSR count). The number of aryl methyl sites for hydroxylation is 1. The van der Waals surface area contributed by atoms with Crippen LogP contribution in [0.15, 0.2) is 111 Å². The van der Waals surface area contributed by atoms with Crippen molar-refractivity contribution in [3.63, 3.8) is 0 Å². The average Bonchev–Trinajstić information content (AvgIpc) is 3.36. The maximum absolute atomic E-state index is 13.4. The van der Waals surface area contributed by atoms with E-state index in [2.05, 4.69) is 11.1 Å². The normalized spacial score (nSPS) is 14.3. The molecule has 1 saturated heterocycles. The zero-order chi connectivity index (χ0) is 31.4. The summed E-state index contributed by atoms with van der Waals surface area (Å²) in [5.74, 6) is -0.125. The van der Waals surface area contributed by atoms with Crippen LogP contribution >= 0.6 is 0 Å². The number of carbonyl (C=O) groups excluding carboxylic acids is 1. The zero-order valence-electron chi connectivity index (χ0n) is 25.1. The minimum absolute atomic E-state index is 0.00992. The lowest BCUT2D eigenvalue weighted by molar-refractivity contribution is -0.0162. The minimum atomic E-state index is -0.791. The highest BCUT2D eigenvalue weighted by Crippen LogP contribution is 2.29. The van der Waals surface area contributed by atoms with Crippen molar-refractivity contribution >= 4 is 5.91 Å². The third-order valence-electron chi connectivity index (χ3n) is 8.35. The van der Waals surface area contributed by atoms with Gasteiger partial charge in [0.05, 0.1) is 12.1 Å². The Balaban J connectivity index is 1.06. The number of aromatic nitrogens is 2. The highest BCUT2D eigenvalue weighted by atomic mass is 16.5. The Hall–Kier alpha value is -5.15. The molecule has 1 aromatic heterocycles. The van der Waals surface area contributed by atoms with Crippen LogP contribution < -0.4 is 16.2 Å². The van der Waals surface area contributed by atoms with E-state index in [0.29, 0.717) is 50.3 Å². The van der Waals surface area contributed by atoms with E-state index in [1.165, 1.54) is 0 Å². The molecule has 45 heavy (non-hydrogen) atoms. The number of H-pyrrole nitrogens is 1. The fraction of sp³-hybridized carbons (Fsp3) is 0.250. The molecular formula is C36H35N3O6. The van der Waals surface area contributed by atoms with E-state index in [9.17, 15) is 19.5 Å². The predicted molar refractivity (Wildman–Crippen MR) is 170 cm³/mol. The summed E-state index contributed by atoms with van der Waals surface area (Å²) in [6, 6.07) is 31.2. The Morgan fingerprint density at radius 3 is 2.31 bits per heavy atom. The smallest absolute Gasteiger partial charge is 0.440 e. The summed E-state index contributed by atoms with van der Waals surface area (Å²) < 4.78 is 11.8. The number of aromatic amines is 1. The summed E-state index contributed by atoms with van der Waals surface area (Å²) in [5, 5.41) is 11.1. The van der Waals surface area contributed by atoms with Crippen molar-refractivity contribution in [2.45, 2.75) is 44.9 Å². The predicted octanol–water partition coefficient (Wildman–Crippen LogP) is 4.94. The Kier molecular flexibility index (Phi) is 8.53. The van der Waals surface area contributed by atoms with Gasteiger partial charge >= 0.3 is 11.4 Å². The van der Waals surface area contributed by atoms with E-state index in [1.807, 2.05) is 90.7 Å².